The second kappa shape index (κ2) is 8.76. The van der Waals surface area contributed by atoms with E-state index < -0.39 is 0 Å². The normalized spacial score (nSPS) is 26.0. The maximum Gasteiger partial charge on any atom is 0.00846 e. The molecule has 22 heavy (non-hydrogen) atoms. The zero-order chi connectivity index (χ0) is 15.5. The molecule has 0 amide bonds. The molecule has 2 aliphatic rings. The van der Waals surface area contributed by atoms with Gasteiger partial charge in [-0.3, -0.25) is 0 Å². The van der Waals surface area contributed by atoms with Crippen LogP contribution in [0.2, 0.25) is 0 Å². The average Bonchev–Trinajstić information content (AvgIpc) is 2.38. The van der Waals surface area contributed by atoms with E-state index >= 15 is 0 Å². The molecule has 2 saturated carbocycles. The van der Waals surface area contributed by atoms with Crippen LogP contribution in [0.3, 0.4) is 0 Å². The first kappa shape index (κ1) is 20.1. The molecule has 0 bridgehead atoms. The third-order valence-corrected chi connectivity index (χ3v) is 5.26. The van der Waals surface area contributed by atoms with Gasteiger partial charge in [0.05, 0.1) is 0 Å². The smallest absolute Gasteiger partial charge is 0.00846 e. The van der Waals surface area contributed by atoms with Gasteiger partial charge in [-0.2, -0.15) is 17.7 Å². The Kier molecular flexibility index (Phi) is 7.99. The van der Waals surface area contributed by atoms with Crippen molar-refractivity contribution in [3.63, 3.8) is 0 Å². The summed E-state index contributed by atoms with van der Waals surface area (Å²) in [5, 5.41) is 8.79. The van der Waals surface area contributed by atoms with Crippen molar-refractivity contribution in [2.45, 2.75) is 59.3 Å². The monoisotopic (exact) mass is 450 g/mol. The number of hydrogen-bond donors (Lipinski definition) is 1. The van der Waals surface area contributed by atoms with Crippen molar-refractivity contribution in [1.82, 2.24) is 0 Å². The minimum absolute atomic E-state index is 0. The predicted octanol–water partition coefficient (Wildman–Crippen LogP) is 5.67. The third-order valence-electron chi connectivity index (χ3n) is 5.26. The molecule has 2 aliphatic carbocycles. The van der Waals surface area contributed by atoms with Crippen LogP contribution < -0.4 is 0 Å². The van der Waals surface area contributed by atoms with Crippen molar-refractivity contribution in [1.29, 1.82) is 0 Å². The predicted molar refractivity (Wildman–Crippen MR) is 89.3 cm³/mol. The minimum atomic E-state index is 0. The zero-order valence-electron chi connectivity index (χ0n) is 14.1. The summed E-state index contributed by atoms with van der Waals surface area (Å²) in [6.45, 7) is 11.0. The van der Waals surface area contributed by atoms with E-state index in [9.17, 15) is 0 Å². The number of phenols is 1. The molecular weight excluding hydrogens is 421 g/mol. The Morgan fingerprint density at radius 2 is 2.05 bits per heavy atom. The minimum Gasteiger partial charge on any atom is -0.533 e. The van der Waals surface area contributed by atoms with Crippen LogP contribution in [0.4, 0.5) is 0 Å². The molecule has 2 unspecified atom stereocenters. The van der Waals surface area contributed by atoms with Gasteiger partial charge < -0.3 is 5.11 Å². The van der Waals surface area contributed by atoms with Gasteiger partial charge in [0.15, 0.2) is 0 Å². The molecule has 0 heterocycles. The fourth-order valence-corrected chi connectivity index (χ4v) is 4.12. The summed E-state index contributed by atoms with van der Waals surface area (Å²) in [4.78, 5) is 0. The van der Waals surface area contributed by atoms with Crippen molar-refractivity contribution < 1.29 is 42.8 Å². The topological polar surface area (TPSA) is 20.2 Å². The number of fused-ring (bicyclic) bond motifs is 1. The van der Waals surface area contributed by atoms with Crippen molar-refractivity contribution >= 4 is 0 Å². The van der Waals surface area contributed by atoms with Gasteiger partial charge in [0.1, 0.15) is 0 Å². The van der Waals surface area contributed by atoms with Crippen molar-refractivity contribution in [3.8, 4) is 5.75 Å². The van der Waals surface area contributed by atoms with E-state index in [4.69, 9.17) is 5.11 Å². The summed E-state index contributed by atoms with van der Waals surface area (Å²) in [5.41, 5.74) is 3.09. The summed E-state index contributed by atoms with van der Waals surface area (Å²) in [7, 11) is 0. The Hall–Kier alpha value is 0.0197. The number of hydrogen-bond acceptors (Lipinski definition) is 1. The summed E-state index contributed by atoms with van der Waals surface area (Å²) in [6, 6.07) is 7.88. The fraction of sp³-hybridized carbons (Fsp3) is 0.600. The largest absolute Gasteiger partial charge is 0.533 e. The molecule has 0 aliphatic heterocycles. The number of aryl methyl sites for hydroxylation is 1. The van der Waals surface area contributed by atoms with Crippen molar-refractivity contribution in [2.24, 2.45) is 17.3 Å². The summed E-state index contributed by atoms with van der Waals surface area (Å²) in [6.07, 6.45) is 8.39. The van der Waals surface area contributed by atoms with E-state index in [1.165, 1.54) is 44.1 Å². The maximum absolute atomic E-state index is 8.79. The SMILES string of the molecule is C=C1CCC2C(CCCC2(C)C)C1.Cc1[c-]ccc(O)c1.[Ho]. The van der Waals surface area contributed by atoms with Crippen LogP contribution in [-0.2, 0) is 0 Å². The van der Waals surface area contributed by atoms with E-state index in [0.29, 0.717) is 11.2 Å². The summed E-state index contributed by atoms with van der Waals surface area (Å²) >= 11 is 0. The van der Waals surface area contributed by atoms with E-state index in [0.717, 1.165) is 17.4 Å². The summed E-state index contributed by atoms with van der Waals surface area (Å²) in [5.74, 6) is 2.28. The molecule has 2 atom stereocenters. The van der Waals surface area contributed by atoms with Gasteiger partial charge in [-0.05, 0) is 49.4 Å². The first-order valence-electron chi connectivity index (χ1n) is 8.22. The molecule has 0 aromatic heterocycles. The van der Waals surface area contributed by atoms with Crippen LogP contribution in [0.25, 0.3) is 0 Å². The first-order valence-corrected chi connectivity index (χ1v) is 8.22. The van der Waals surface area contributed by atoms with E-state index in [1.807, 2.05) is 6.92 Å². The molecule has 1 aromatic rings. The number of rotatable bonds is 0. The molecule has 127 valence electrons. The van der Waals surface area contributed by atoms with E-state index in [1.54, 1.807) is 18.2 Å². The second-order valence-corrected chi connectivity index (χ2v) is 7.47. The van der Waals surface area contributed by atoms with Crippen LogP contribution in [0, 0.1) is 68.0 Å². The number of benzene rings is 1. The molecule has 1 nitrogen and oxygen atoms in total. The molecule has 1 aromatic carbocycles. The second-order valence-electron chi connectivity index (χ2n) is 7.47. The number of aromatic hydroxyl groups is 1. The van der Waals surface area contributed by atoms with Crippen LogP contribution in [0.1, 0.15) is 57.9 Å². The van der Waals surface area contributed by atoms with E-state index in [2.05, 4.69) is 26.5 Å². The third kappa shape index (κ3) is 5.58. The standard InChI is InChI=1S/C13H22.C7H7O.Ho/c1-10-6-7-12-11(9-10)5-4-8-13(12,2)3;1-6-3-2-4-7(8)5-6;/h11-12H,1,4-9H2,2-3H3;2,4-5,8H,1H3;/q;-1;. The molecule has 1 radical (unpaired) electrons. The van der Waals surface area contributed by atoms with Crippen molar-refractivity contribution in [2.75, 3.05) is 0 Å². The van der Waals surface area contributed by atoms with Gasteiger partial charge in [0.2, 0.25) is 0 Å². The van der Waals surface area contributed by atoms with Gasteiger partial charge in [-0.1, -0.05) is 39.3 Å². The molecule has 2 heteroatoms. The Morgan fingerprint density at radius 3 is 2.64 bits per heavy atom. The zero-order valence-corrected chi connectivity index (χ0v) is 16.0. The van der Waals surface area contributed by atoms with Crippen LogP contribution in [0.15, 0.2) is 30.4 Å². The Bertz CT molecular complexity index is 475. The fourth-order valence-electron chi connectivity index (χ4n) is 4.12. The van der Waals surface area contributed by atoms with Gasteiger partial charge in [0, 0.05) is 43.5 Å². The molecule has 0 saturated heterocycles. The Balaban J connectivity index is 0.000000234. The number of allylic oxidation sites excluding steroid dienone is 1. The van der Waals surface area contributed by atoms with Crippen molar-refractivity contribution in [3.05, 3.63) is 42.0 Å². The Labute approximate surface area is 166 Å². The molecule has 3 rings (SSSR count). The summed E-state index contributed by atoms with van der Waals surface area (Å²) < 4.78 is 0. The van der Waals surface area contributed by atoms with Crippen LogP contribution >= 0.6 is 0 Å². The first-order chi connectivity index (χ1) is 9.88. The molecule has 2 fully saturated rings. The van der Waals surface area contributed by atoms with Gasteiger partial charge in [0.25, 0.3) is 0 Å². The van der Waals surface area contributed by atoms with E-state index in [-0.39, 0.29) is 37.7 Å². The number of phenolic OH excluding ortho intramolecular Hbond substituents is 1. The molecule has 1 N–H and O–H groups in total. The molecular formula is C20H29HoO-. The maximum atomic E-state index is 8.79. The quantitative estimate of drug-likeness (QED) is 0.307. The molecule has 0 spiro atoms. The van der Waals surface area contributed by atoms with Gasteiger partial charge in [-0.25, -0.2) is 0 Å². The Morgan fingerprint density at radius 1 is 1.32 bits per heavy atom. The van der Waals surface area contributed by atoms with Gasteiger partial charge in [-0.15, -0.1) is 12.1 Å². The van der Waals surface area contributed by atoms with Crippen LogP contribution in [0.5, 0.6) is 5.75 Å². The van der Waals surface area contributed by atoms with Crippen LogP contribution in [-0.4, -0.2) is 5.11 Å². The average molecular weight is 450 g/mol. The van der Waals surface area contributed by atoms with Gasteiger partial charge >= 0.3 is 0 Å².